The molecule has 2 aliphatic heterocycles. The van der Waals surface area contributed by atoms with E-state index >= 15 is 0 Å². The number of likely N-dealkylation sites (tertiary alicyclic amines) is 2. The van der Waals surface area contributed by atoms with Gasteiger partial charge in [0.2, 0.25) is 11.8 Å². The van der Waals surface area contributed by atoms with Crippen molar-refractivity contribution in [2.24, 2.45) is 17.8 Å². The normalized spacial score (nSPS) is 33.1. The van der Waals surface area contributed by atoms with Gasteiger partial charge in [-0.3, -0.25) is 29.0 Å². The van der Waals surface area contributed by atoms with Crippen molar-refractivity contribution in [3.63, 3.8) is 0 Å². The maximum absolute atomic E-state index is 14.6. The summed E-state index contributed by atoms with van der Waals surface area (Å²) in [4.78, 5) is 52.2. The van der Waals surface area contributed by atoms with E-state index in [-0.39, 0.29) is 36.6 Å². The SMILES string of the molecule is CN1C(=O)C2(Cl)CC3C(=CCC4C(=O)N(CCc5ccc(O)cc5)C(=O)C43)C(c3cccc(F)c3O)C2(Cl)C1=O. The zero-order chi connectivity index (χ0) is 28.7. The number of imide groups is 2. The molecule has 1 saturated carbocycles. The molecule has 0 bridgehead atoms. The molecule has 208 valence electrons. The van der Waals surface area contributed by atoms with Crippen molar-refractivity contribution < 1.29 is 33.8 Å². The molecule has 2 aromatic carbocycles. The van der Waals surface area contributed by atoms with Crippen LogP contribution in [0.5, 0.6) is 11.5 Å². The molecule has 4 amide bonds. The van der Waals surface area contributed by atoms with Crippen LogP contribution in [0, 0.1) is 23.6 Å². The van der Waals surface area contributed by atoms with E-state index in [4.69, 9.17) is 23.2 Å². The molecular weight excluding hydrogens is 562 g/mol. The van der Waals surface area contributed by atoms with Gasteiger partial charge in [0.15, 0.2) is 21.3 Å². The molecule has 2 aliphatic carbocycles. The van der Waals surface area contributed by atoms with Gasteiger partial charge in [0, 0.05) is 25.1 Å². The Morgan fingerprint density at radius 1 is 0.975 bits per heavy atom. The summed E-state index contributed by atoms with van der Waals surface area (Å²) >= 11 is 14.1. The van der Waals surface area contributed by atoms with Gasteiger partial charge in [-0.05, 0) is 48.9 Å². The molecule has 6 atom stereocenters. The fourth-order valence-electron chi connectivity index (χ4n) is 7.04. The highest BCUT2D eigenvalue weighted by molar-refractivity contribution is 6.53. The van der Waals surface area contributed by atoms with Gasteiger partial charge in [-0.2, -0.15) is 0 Å². The molecule has 2 saturated heterocycles. The maximum atomic E-state index is 14.6. The number of carbonyl (C=O) groups is 4. The smallest absolute Gasteiger partial charge is 0.253 e. The third-order valence-electron chi connectivity index (χ3n) is 8.99. The summed E-state index contributed by atoms with van der Waals surface area (Å²) < 4.78 is 14.6. The molecular formula is C29H25Cl2FN2O6. The Hall–Kier alpha value is -3.43. The summed E-state index contributed by atoms with van der Waals surface area (Å²) in [6.45, 7) is 0.122. The summed E-state index contributed by atoms with van der Waals surface area (Å²) in [5, 5.41) is 20.3. The minimum Gasteiger partial charge on any atom is -0.508 e. The van der Waals surface area contributed by atoms with Gasteiger partial charge in [-0.1, -0.05) is 35.9 Å². The van der Waals surface area contributed by atoms with Crippen LogP contribution in [0.25, 0.3) is 0 Å². The fourth-order valence-corrected chi connectivity index (χ4v) is 8.05. The van der Waals surface area contributed by atoms with Crippen molar-refractivity contribution in [2.75, 3.05) is 13.6 Å². The number of phenols is 2. The largest absolute Gasteiger partial charge is 0.508 e. The number of nitrogens with zero attached hydrogens (tertiary/aromatic N) is 2. The van der Waals surface area contributed by atoms with Crippen LogP contribution in [0.15, 0.2) is 54.1 Å². The Morgan fingerprint density at radius 2 is 1.68 bits per heavy atom. The molecule has 4 aliphatic rings. The molecule has 11 heteroatoms. The average Bonchev–Trinajstić information content (AvgIpc) is 3.25. The number of carbonyl (C=O) groups excluding carboxylic acids is 4. The number of fused-ring (bicyclic) bond motifs is 4. The van der Waals surface area contributed by atoms with Crippen LogP contribution in [-0.4, -0.2) is 67.0 Å². The first-order chi connectivity index (χ1) is 18.9. The fraction of sp³-hybridized carbons (Fsp3) is 0.379. The van der Waals surface area contributed by atoms with Gasteiger partial charge < -0.3 is 10.2 Å². The number of amides is 4. The predicted octanol–water partition coefficient (Wildman–Crippen LogP) is 3.47. The van der Waals surface area contributed by atoms with Crippen LogP contribution in [0.2, 0.25) is 0 Å². The highest BCUT2D eigenvalue weighted by Gasteiger charge is 2.76. The van der Waals surface area contributed by atoms with E-state index in [1.165, 1.54) is 36.2 Å². The van der Waals surface area contributed by atoms with Crippen molar-refractivity contribution in [3.8, 4) is 11.5 Å². The monoisotopic (exact) mass is 586 g/mol. The first-order valence-corrected chi connectivity index (χ1v) is 13.7. The zero-order valence-corrected chi connectivity index (χ0v) is 22.8. The predicted molar refractivity (Wildman–Crippen MR) is 142 cm³/mol. The van der Waals surface area contributed by atoms with E-state index in [0.717, 1.165) is 16.5 Å². The molecule has 0 spiro atoms. The van der Waals surface area contributed by atoms with Crippen molar-refractivity contribution in [1.82, 2.24) is 9.80 Å². The van der Waals surface area contributed by atoms with Gasteiger partial charge in [-0.15, -0.1) is 23.2 Å². The standard InChI is InChI=1S/C29H25Cl2FN2O6/c1-33-26(39)28(30)13-19-16(22(29(28,31)27(33)40)18-3-2-4-20(32)23(18)36)9-10-17-21(19)25(38)34(24(17)37)12-11-14-5-7-15(35)8-6-14/h2-9,17,19,21-22,35-36H,10-13H2,1H3. The average molecular weight is 587 g/mol. The summed E-state index contributed by atoms with van der Waals surface area (Å²) in [5.74, 6) is -7.40. The Balaban J connectivity index is 1.42. The van der Waals surface area contributed by atoms with Crippen LogP contribution in [-0.2, 0) is 25.6 Å². The lowest BCUT2D eigenvalue weighted by Gasteiger charge is -2.50. The third kappa shape index (κ3) is 3.43. The number of rotatable bonds is 4. The van der Waals surface area contributed by atoms with E-state index in [2.05, 4.69) is 0 Å². The number of alkyl halides is 2. The second-order valence-corrected chi connectivity index (χ2v) is 12.2. The quantitative estimate of drug-likeness (QED) is 0.322. The molecule has 6 unspecified atom stereocenters. The molecule has 2 heterocycles. The topological polar surface area (TPSA) is 115 Å². The Morgan fingerprint density at radius 3 is 2.38 bits per heavy atom. The number of aromatic hydroxyl groups is 2. The van der Waals surface area contributed by atoms with Crippen LogP contribution >= 0.6 is 23.2 Å². The number of hydrogen-bond donors (Lipinski definition) is 2. The Bertz CT molecular complexity index is 1510. The zero-order valence-electron chi connectivity index (χ0n) is 21.3. The van der Waals surface area contributed by atoms with E-state index in [0.29, 0.717) is 12.0 Å². The first kappa shape index (κ1) is 26.8. The Kier molecular flexibility index (Phi) is 6.05. The van der Waals surface area contributed by atoms with Gasteiger partial charge in [0.1, 0.15) is 5.75 Å². The molecule has 40 heavy (non-hydrogen) atoms. The van der Waals surface area contributed by atoms with Crippen molar-refractivity contribution in [2.45, 2.75) is 34.9 Å². The second-order valence-electron chi connectivity index (χ2n) is 10.9. The van der Waals surface area contributed by atoms with Crippen LogP contribution in [0.3, 0.4) is 0 Å². The summed E-state index contributed by atoms with van der Waals surface area (Å²) in [5.41, 5.74) is 1.29. The molecule has 8 nitrogen and oxygen atoms in total. The van der Waals surface area contributed by atoms with Gasteiger partial charge in [0.05, 0.1) is 11.8 Å². The summed E-state index contributed by atoms with van der Waals surface area (Å²) in [7, 11) is 1.26. The van der Waals surface area contributed by atoms with Gasteiger partial charge >= 0.3 is 0 Å². The van der Waals surface area contributed by atoms with E-state index < -0.39 is 62.7 Å². The Labute approximate surface area is 239 Å². The summed E-state index contributed by atoms with van der Waals surface area (Å²) in [6, 6.07) is 10.3. The lowest BCUT2D eigenvalue weighted by Crippen LogP contribution is -2.60. The maximum Gasteiger partial charge on any atom is 0.253 e. The first-order valence-electron chi connectivity index (χ1n) is 12.9. The number of phenolic OH excluding ortho intramolecular Hbond substituents is 2. The molecule has 2 N–H and O–H groups in total. The number of benzene rings is 2. The minimum atomic E-state index is -2.09. The lowest BCUT2D eigenvalue weighted by molar-refractivity contribution is -0.141. The van der Waals surface area contributed by atoms with Crippen molar-refractivity contribution >= 4 is 46.8 Å². The number of para-hydroxylation sites is 1. The number of hydrogen-bond acceptors (Lipinski definition) is 6. The van der Waals surface area contributed by atoms with Crippen LogP contribution in [0.4, 0.5) is 4.39 Å². The van der Waals surface area contributed by atoms with E-state index in [9.17, 15) is 33.8 Å². The lowest BCUT2D eigenvalue weighted by atomic mass is 9.56. The van der Waals surface area contributed by atoms with Gasteiger partial charge in [-0.25, -0.2) is 4.39 Å². The van der Waals surface area contributed by atoms with E-state index in [1.54, 1.807) is 18.2 Å². The van der Waals surface area contributed by atoms with Gasteiger partial charge in [0.25, 0.3) is 11.8 Å². The second kappa shape index (κ2) is 9.04. The molecule has 0 radical (unpaired) electrons. The number of allylic oxidation sites excluding steroid dienone is 2. The number of halogens is 3. The summed E-state index contributed by atoms with van der Waals surface area (Å²) in [6.07, 6.45) is 2.09. The molecule has 3 fully saturated rings. The third-order valence-corrected chi connectivity index (χ3v) is 10.4. The molecule has 0 aromatic heterocycles. The van der Waals surface area contributed by atoms with Crippen molar-refractivity contribution in [1.29, 1.82) is 0 Å². The minimum absolute atomic E-state index is 0.0215. The van der Waals surface area contributed by atoms with Crippen LogP contribution < -0.4 is 0 Å². The van der Waals surface area contributed by atoms with E-state index in [1.807, 2.05) is 0 Å². The highest BCUT2D eigenvalue weighted by Crippen LogP contribution is 2.66. The molecule has 6 rings (SSSR count). The van der Waals surface area contributed by atoms with Crippen molar-refractivity contribution in [3.05, 3.63) is 71.1 Å². The highest BCUT2D eigenvalue weighted by atomic mass is 35.5. The van der Waals surface area contributed by atoms with Crippen LogP contribution in [0.1, 0.15) is 29.9 Å². The molecule has 2 aromatic rings.